The van der Waals surface area contributed by atoms with E-state index in [0.29, 0.717) is 24.2 Å². The molecule has 1 aliphatic heterocycles. The number of nitrogens with one attached hydrogen (secondary N) is 1. The van der Waals surface area contributed by atoms with E-state index in [0.717, 1.165) is 19.4 Å². The van der Waals surface area contributed by atoms with Crippen LogP contribution >= 0.6 is 0 Å². The van der Waals surface area contributed by atoms with Gasteiger partial charge in [0.1, 0.15) is 0 Å². The Bertz CT molecular complexity index is 273. The molecule has 2 N–H and O–H groups in total. The predicted molar refractivity (Wildman–Crippen MR) is 79.4 cm³/mol. The number of aliphatic hydroxyl groups excluding tert-OH is 1. The van der Waals surface area contributed by atoms with Crippen molar-refractivity contribution in [3.63, 3.8) is 0 Å². The van der Waals surface area contributed by atoms with Gasteiger partial charge < -0.3 is 15.2 Å². The average Bonchev–Trinajstić information content (AvgIpc) is 2.73. The number of rotatable bonds is 7. The van der Waals surface area contributed by atoms with E-state index in [4.69, 9.17) is 4.74 Å². The molecule has 4 nitrogen and oxygen atoms in total. The van der Waals surface area contributed by atoms with E-state index in [1.54, 1.807) is 0 Å². The van der Waals surface area contributed by atoms with Gasteiger partial charge in [-0.3, -0.25) is 4.90 Å². The number of likely N-dealkylation sites (N-methyl/N-ethyl adjacent to an activating group) is 1. The molecule has 0 aliphatic carbocycles. The maximum Gasteiger partial charge on any atom is 0.0703 e. The van der Waals surface area contributed by atoms with Crippen LogP contribution in [-0.4, -0.2) is 60.0 Å². The summed E-state index contributed by atoms with van der Waals surface area (Å²) in [6, 6.07) is 1.29. The zero-order valence-electron chi connectivity index (χ0n) is 13.4. The molecule has 4 heteroatoms. The lowest BCUT2D eigenvalue weighted by Crippen LogP contribution is -2.54. The number of nitrogens with zero attached hydrogens (tertiary/aromatic N) is 1. The van der Waals surface area contributed by atoms with Crippen LogP contribution in [0.2, 0.25) is 0 Å². The Hall–Kier alpha value is -0.160. The summed E-state index contributed by atoms with van der Waals surface area (Å²) < 4.78 is 5.65. The fourth-order valence-corrected chi connectivity index (χ4v) is 3.24. The highest BCUT2D eigenvalue weighted by atomic mass is 16.5. The summed E-state index contributed by atoms with van der Waals surface area (Å²) in [4.78, 5) is 2.41. The second-order valence-corrected chi connectivity index (χ2v) is 6.67. The molecule has 1 saturated heterocycles. The maximum atomic E-state index is 9.68. The minimum Gasteiger partial charge on any atom is -0.394 e. The van der Waals surface area contributed by atoms with E-state index < -0.39 is 0 Å². The van der Waals surface area contributed by atoms with Crippen molar-refractivity contribution in [1.82, 2.24) is 10.2 Å². The lowest BCUT2D eigenvalue weighted by Gasteiger charge is -2.39. The molecule has 0 amide bonds. The molecule has 1 fully saturated rings. The second kappa shape index (κ2) is 7.02. The summed E-state index contributed by atoms with van der Waals surface area (Å²) in [5.74, 6) is 0. The number of aliphatic hydroxyl groups is 1. The summed E-state index contributed by atoms with van der Waals surface area (Å²) in [6.07, 6.45) is 2.35. The second-order valence-electron chi connectivity index (χ2n) is 6.67. The highest BCUT2D eigenvalue weighted by molar-refractivity contribution is 4.91. The van der Waals surface area contributed by atoms with Crippen LogP contribution in [0.15, 0.2) is 0 Å². The lowest BCUT2D eigenvalue weighted by atomic mass is 9.92. The highest BCUT2D eigenvalue weighted by Crippen LogP contribution is 2.24. The third-order valence-electron chi connectivity index (χ3n) is 4.29. The quantitative estimate of drug-likeness (QED) is 0.739. The number of ether oxygens (including phenoxy) is 1. The van der Waals surface area contributed by atoms with Gasteiger partial charge >= 0.3 is 0 Å². The van der Waals surface area contributed by atoms with E-state index in [9.17, 15) is 5.11 Å². The molecule has 0 spiro atoms. The van der Waals surface area contributed by atoms with Crippen molar-refractivity contribution in [3.05, 3.63) is 0 Å². The monoisotopic (exact) mass is 272 g/mol. The molecule has 0 bridgehead atoms. The molecule has 0 aromatic heterocycles. The Kier molecular flexibility index (Phi) is 6.24. The Labute approximate surface area is 118 Å². The SMILES string of the molecule is CC(C)NC(C)(CO)CC(C)N(C)C1CCOC1C. The van der Waals surface area contributed by atoms with Crippen LogP contribution in [-0.2, 0) is 4.74 Å². The zero-order valence-corrected chi connectivity index (χ0v) is 13.4. The molecule has 0 saturated carbocycles. The van der Waals surface area contributed by atoms with Gasteiger partial charge in [-0.2, -0.15) is 0 Å². The molecule has 4 unspecified atom stereocenters. The summed E-state index contributed by atoms with van der Waals surface area (Å²) in [5.41, 5.74) is -0.218. The van der Waals surface area contributed by atoms with Crippen LogP contribution in [0.25, 0.3) is 0 Å². The molecule has 1 aliphatic rings. The molecule has 19 heavy (non-hydrogen) atoms. The van der Waals surface area contributed by atoms with Crippen molar-refractivity contribution in [1.29, 1.82) is 0 Å². The fraction of sp³-hybridized carbons (Fsp3) is 1.00. The van der Waals surface area contributed by atoms with Crippen molar-refractivity contribution < 1.29 is 9.84 Å². The fourth-order valence-electron chi connectivity index (χ4n) is 3.24. The van der Waals surface area contributed by atoms with Crippen molar-refractivity contribution in [3.8, 4) is 0 Å². The first-order valence-electron chi connectivity index (χ1n) is 7.51. The summed E-state index contributed by atoms with van der Waals surface area (Å²) >= 11 is 0. The number of hydrogen-bond acceptors (Lipinski definition) is 4. The standard InChI is InChI=1S/C15H32N2O2/c1-11(2)16-15(5,10-18)9-12(3)17(6)14-7-8-19-13(14)4/h11-14,16,18H,7-10H2,1-6H3. The minimum absolute atomic E-state index is 0.167. The van der Waals surface area contributed by atoms with Crippen molar-refractivity contribution in [2.75, 3.05) is 20.3 Å². The van der Waals surface area contributed by atoms with Gasteiger partial charge in [0, 0.05) is 30.3 Å². The molecular weight excluding hydrogens is 240 g/mol. The van der Waals surface area contributed by atoms with Gasteiger partial charge in [0.15, 0.2) is 0 Å². The summed E-state index contributed by atoms with van der Waals surface area (Å²) in [5, 5.41) is 13.2. The Morgan fingerprint density at radius 2 is 2.05 bits per heavy atom. The van der Waals surface area contributed by atoms with E-state index in [1.165, 1.54) is 0 Å². The van der Waals surface area contributed by atoms with Gasteiger partial charge in [-0.05, 0) is 40.7 Å². The van der Waals surface area contributed by atoms with Crippen LogP contribution in [0.3, 0.4) is 0 Å². The molecule has 1 heterocycles. The Balaban J connectivity index is 2.58. The van der Waals surface area contributed by atoms with Gasteiger partial charge in [0.2, 0.25) is 0 Å². The lowest BCUT2D eigenvalue weighted by molar-refractivity contribution is 0.0547. The van der Waals surface area contributed by atoms with Crippen molar-refractivity contribution >= 4 is 0 Å². The summed E-state index contributed by atoms with van der Waals surface area (Å²) in [7, 11) is 2.17. The Morgan fingerprint density at radius 3 is 2.47 bits per heavy atom. The topological polar surface area (TPSA) is 44.7 Å². The van der Waals surface area contributed by atoms with Crippen LogP contribution < -0.4 is 5.32 Å². The van der Waals surface area contributed by atoms with Crippen molar-refractivity contribution in [2.24, 2.45) is 0 Å². The van der Waals surface area contributed by atoms with E-state index in [2.05, 4.69) is 51.9 Å². The van der Waals surface area contributed by atoms with Crippen LogP contribution in [0, 0.1) is 0 Å². The zero-order chi connectivity index (χ0) is 14.6. The van der Waals surface area contributed by atoms with Gasteiger partial charge in [0.05, 0.1) is 12.7 Å². The largest absolute Gasteiger partial charge is 0.394 e. The smallest absolute Gasteiger partial charge is 0.0703 e. The molecular formula is C15H32N2O2. The van der Waals surface area contributed by atoms with Crippen LogP contribution in [0.5, 0.6) is 0 Å². The van der Waals surface area contributed by atoms with Gasteiger partial charge in [-0.25, -0.2) is 0 Å². The molecule has 114 valence electrons. The van der Waals surface area contributed by atoms with Crippen LogP contribution in [0.4, 0.5) is 0 Å². The highest BCUT2D eigenvalue weighted by Gasteiger charge is 2.34. The number of hydrogen-bond donors (Lipinski definition) is 2. The molecule has 0 radical (unpaired) electrons. The van der Waals surface area contributed by atoms with Gasteiger partial charge in [-0.1, -0.05) is 13.8 Å². The molecule has 0 aromatic rings. The summed E-state index contributed by atoms with van der Waals surface area (Å²) in [6.45, 7) is 11.8. The van der Waals surface area contributed by atoms with Gasteiger partial charge in [-0.15, -0.1) is 0 Å². The third-order valence-corrected chi connectivity index (χ3v) is 4.29. The molecule has 1 rings (SSSR count). The predicted octanol–water partition coefficient (Wildman–Crippen LogP) is 1.62. The van der Waals surface area contributed by atoms with E-state index in [-0.39, 0.29) is 12.1 Å². The maximum absolute atomic E-state index is 9.68. The minimum atomic E-state index is -0.218. The molecule has 0 aromatic carbocycles. The van der Waals surface area contributed by atoms with Crippen molar-refractivity contribution in [2.45, 2.75) is 77.2 Å². The first kappa shape index (κ1) is 16.9. The normalized spacial score (nSPS) is 28.9. The van der Waals surface area contributed by atoms with Gasteiger partial charge in [0.25, 0.3) is 0 Å². The average molecular weight is 272 g/mol. The first-order valence-corrected chi connectivity index (χ1v) is 7.51. The first-order chi connectivity index (χ1) is 8.79. The van der Waals surface area contributed by atoms with E-state index in [1.807, 2.05) is 0 Å². The Morgan fingerprint density at radius 1 is 1.42 bits per heavy atom. The third kappa shape index (κ3) is 4.71. The molecule has 4 atom stereocenters. The van der Waals surface area contributed by atoms with E-state index >= 15 is 0 Å². The van der Waals surface area contributed by atoms with Crippen LogP contribution in [0.1, 0.15) is 47.5 Å².